The molecule has 0 saturated heterocycles. The van der Waals surface area contributed by atoms with Crippen molar-refractivity contribution in [3.63, 3.8) is 0 Å². The van der Waals surface area contributed by atoms with Crippen molar-refractivity contribution in [1.82, 2.24) is 0 Å². The Hall–Kier alpha value is -1.90. The lowest BCUT2D eigenvalue weighted by atomic mass is 9.94. The molecule has 3 nitrogen and oxygen atoms in total. The summed E-state index contributed by atoms with van der Waals surface area (Å²) in [5.41, 5.74) is 1.53. The molecule has 2 aliphatic carbocycles. The molecule has 0 aromatic carbocycles. The molecule has 0 aromatic rings. The predicted molar refractivity (Wildman–Crippen MR) is 55.0 cm³/mol. The van der Waals surface area contributed by atoms with Crippen LogP contribution >= 0.6 is 0 Å². The smallest absolute Gasteiger partial charge is 0.342 e. The molecule has 0 spiro atoms. The molecule has 0 radical (unpaired) electrons. The van der Waals surface area contributed by atoms with Gasteiger partial charge in [0.25, 0.3) is 0 Å². The van der Waals surface area contributed by atoms with E-state index in [0.717, 1.165) is 5.57 Å². The maximum absolute atomic E-state index is 11.8. The molecule has 0 unspecified atom stereocenters. The van der Waals surface area contributed by atoms with Crippen molar-refractivity contribution in [2.45, 2.75) is 6.92 Å². The number of ketones is 1. The zero-order valence-electron chi connectivity index (χ0n) is 8.32. The van der Waals surface area contributed by atoms with Crippen molar-refractivity contribution in [3.05, 3.63) is 47.1 Å². The Morgan fingerprint density at radius 3 is 2.87 bits per heavy atom. The minimum absolute atomic E-state index is 0.107. The quantitative estimate of drug-likeness (QED) is 0.503. The summed E-state index contributed by atoms with van der Waals surface area (Å²) in [5, 5.41) is 0. The normalized spacial score (nSPS) is 17.9. The van der Waals surface area contributed by atoms with Gasteiger partial charge in [-0.3, -0.25) is 4.79 Å². The van der Waals surface area contributed by atoms with Crippen LogP contribution in [-0.4, -0.2) is 18.4 Å². The molecule has 0 aromatic heterocycles. The van der Waals surface area contributed by atoms with Gasteiger partial charge in [-0.25, -0.2) is 4.79 Å². The molecule has 0 heterocycles. The third-order valence-electron chi connectivity index (χ3n) is 2.26. The van der Waals surface area contributed by atoms with Crippen LogP contribution in [0, 0.1) is 0 Å². The molecule has 0 atom stereocenters. The van der Waals surface area contributed by atoms with E-state index in [1.807, 2.05) is 6.08 Å². The lowest BCUT2D eigenvalue weighted by Crippen LogP contribution is -2.19. The third kappa shape index (κ3) is 1.56. The van der Waals surface area contributed by atoms with Gasteiger partial charge < -0.3 is 4.74 Å². The third-order valence-corrected chi connectivity index (χ3v) is 2.26. The Kier molecular flexibility index (Phi) is 2.37. The molecule has 2 aliphatic rings. The zero-order chi connectivity index (χ0) is 10.8. The van der Waals surface area contributed by atoms with Crippen LogP contribution in [0.2, 0.25) is 0 Å². The number of hydrogen-bond donors (Lipinski definition) is 0. The second kappa shape index (κ2) is 3.69. The van der Waals surface area contributed by atoms with E-state index in [0.29, 0.717) is 5.57 Å². The van der Waals surface area contributed by atoms with Gasteiger partial charge in [0.05, 0.1) is 6.61 Å². The first-order valence-electron chi connectivity index (χ1n) is 4.76. The number of hydrogen-bond acceptors (Lipinski definition) is 3. The highest BCUT2D eigenvalue weighted by atomic mass is 16.5. The molecule has 0 fully saturated rings. The highest BCUT2D eigenvalue weighted by Gasteiger charge is 2.27. The monoisotopic (exact) mass is 202 g/mol. The topological polar surface area (TPSA) is 43.4 Å². The Bertz CT molecular complexity index is 447. The van der Waals surface area contributed by atoms with Gasteiger partial charge >= 0.3 is 5.97 Å². The van der Waals surface area contributed by atoms with Crippen molar-refractivity contribution < 1.29 is 14.3 Å². The van der Waals surface area contributed by atoms with E-state index < -0.39 is 5.97 Å². The average molecular weight is 202 g/mol. The van der Waals surface area contributed by atoms with Gasteiger partial charge in [-0.1, -0.05) is 24.3 Å². The molecule has 76 valence electrons. The molecule has 15 heavy (non-hydrogen) atoms. The molecule has 3 heteroatoms. The van der Waals surface area contributed by atoms with Crippen LogP contribution in [-0.2, 0) is 14.3 Å². The van der Waals surface area contributed by atoms with Crippen LogP contribution in [0.15, 0.2) is 47.1 Å². The number of rotatable bonds is 2. The Balaban J connectivity index is 2.30. The van der Waals surface area contributed by atoms with Crippen molar-refractivity contribution in [1.29, 1.82) is 0 Å². The number of ether oxygens (including phenoxy) is 1. The Labute approximate surface area is 87.4 Å². The number of allylic oxidation sites excluding steroid dienone is 7. The number of Topliss-reactive ketones (excluding diaryl/α,β-unsaturated/α-hetero) is 1. The lowest BCUT2D eigenvalue weighted by molar-refractivity contribution is -0.139. The number of carbonyl (C=O) groups is 2. The summed E-state index contributed by atoms with van der Waals surface area (Å²) in [6, 6.07) is 0. The summed E-state index contributed by atoms with van der Waals surface area (Å²) in [6.45, 7) is 1.99. The summed E-state index contributed by atoms with van der Waals surface area (Å²) < 4.78 is 4.80. The van der Waals surface area contributed by atoms with Gasteiger partial charge in [-0.2, -0.15) is 0 Å². The van der Waals surface area contributed by atoms with Crippen LogP contribution in [0.4, 0.5) is 0 Å². The van der Waals surface area contributed by atoms with E-state index in [2.05, 4.69) is 0 Å². The largest absolute Gasteiger partial charge is 0.462 e. The fourth-order valence-electron chi connectivity index (χ4n) is 1.55. The molecular weight excluding hydrogens is 192 g/mol. The molecule has 0 bridgehead atoms. The first-order valence-corrected chi connectivity index (χ1v) is 4.76. The lowest BCUT2D eigenvalue weighted by Gasteiger charge is -2.11. The molecule has 0 amide bonds. The predicted octanol–water partition coefficient (Wildman–Crippen LogP) is 1.48. The van der Waals surface area contributed by atoms with Crippen molar-refractivity contribution in [2.24, 2.45) is 0 Å². The van der Waals surface area contributed by atoms with E-state index >= 15 is 0 Å². The van der Waals surface area contributed by atoms with E-state index in [9.17, 15) is 9.59 Å². The highest BCUT2D eigenvalue weighted by Crippen LogP contribution is 2.26. The van der Waals surface area contributed by atoms with Crippen LogP contribution < -0.4 is 0 Å². The minimum atomic E-state index is -0.550. The van der Waals surface area contributed by atoms with E-state index in [1.165, 1.54) is 6.08 Å². The second-order valence-electron chi connectivity index (χ2n) is 3.19. The molecular formula is C12H10O3. The van der Waals surface area contributed by atoms with Gasteiger partial charge in [-0.05, 0) is 18.6 Å². The highest BCUT2D eigenvalue weighted by molar-refractivity contribution is 6.27. The van der Waals surface area contributed by atoms with Crippen molar-refractivity contribution in [2.75, 3.05) is 6.61 Å². The maximum atomic E-state index is 11.8. The number of fused-ring (bicyclic) bond motifs is 1. The van der Waals surface area contributed by atoms with E-state index in [4.69, 9.17) is 4.74 Å². The summed E-state index contributed by atoms with van der Waals surface area (Å²) in [6.07, 6.45) is 8.61. The Morgan fingerprint density at radius 1 is 1.33 bits per heavy atom. The Morgan fingerprint density at radius 2 is 2.13 bits per heavy atom. The van der Waals surface area contributed by atoms with E-state index in [-0.39, 0.29) is 18.0 Å². The summed E-state index contributed by atoms with van der Waals surface area (Å²) >= 11 is 0. The van der Waals surface area contributed by atoms with Crippen molar-refractivity contribution >= 4 is 11.8 Å². The van der Waals surface area contributed by atoms with E-state index in [1.54, 1.807) is 25.2 Å². The fraction of sp³-hybridized carbons (Fsp3) is 0.167. The van der Waals surface area contributed by atoms with Gasteiger partial charge in [0.2, 0.25) is 5.78 Å². The van der Waals surface area contributed by atoms with Gasteiger partial charge in [-0.15, -0.1) is 0 Å². The standard InChI is InChI=1S/C12H10O3/c1-2-15-12(14)10-7-6-8-4-3-5-9(8)11(10)13/h3-7H,2H2,1H3. The van der Waals surface area contributed by atoms with Crippen LogP contribution in [0.25, 0.3) is 0 Å². The summed E-state index contributed by atoms with van der Waals surface area (Å²) in [7, 11) is 0. The average Bonchev–Trinajstić information content (AvgIpc) is 2.67. The second-order valence-corrected chi connectivity index (χ2v) is 3.19. The molecule has 0 aliphatic heterocycles. The van der Waals surface area contributed by atoms with Gasteiger partial charge in [0, 0.05) is 5.57 Å². The van der Waals surface area contributed by atoms with Gasteiger partial charge in [0.15, 0.2) is 0 Å². The number of carbonyl (C=O) groups excluding carboxylic acids is 2. The fourth-order valence-corrected chi connectivity index (χ4v) is 1.55. The molecule has 0 saturated carbocycles. The summed E-state index contributed by atoms with van der Waals surface area (Å²) in [5.74, 6) is -0.804. The summed E-state index contributed by atoms with van der Waals surface area (Å²) in [4.78, 5) is 23.2. The van der Waals surface area contributed by atoms with Crippen molar-refractivity contribution in [3.8, 4) is 0 Å². The van der Waals surface area contributed by atoms with Gasteiger partial charge in [0.1, 0.15) is 5.57 Å². The SMILES string of the molecule is CCOC(=O)C1=CC=C2C=CC=C2C1=O. The zero-order valence-corrected chi connectivity index (χ0v) is 8.32. The molecule has 0 N–H and O–H groups in total. The number of esters is 1. The van der Waals surface area contributed by atoms with Crippen LogP contribution in [0.1, 0.15) is 6.92 Å². The van der Waals surface area contributed by atoms with Crippen LogP contribution in [0.3, 0.4) is 0 Å². The first-order chi connectivity index (χ1) is 7.24. The maximum Gasteiger partial charge on any atom is 0.342 e. The minimum Gasteiger partial charge on any atom is -0.462 e. The van der Waals surface area contributed by atoms with Crippen LogP contribution in [0.5, 0.6) is 0 Å². The molecule has 2 rings (SSSR count). The first kappa shape index (κ1) is 9.65.